The van der Waals surface area contributed by atoms with Gasteiger partial charge in [0.05, 0.1) is 13.2 Å². The standard InChI is InChI=1S/C12H15N5O2/c1-2-19-9-5-3-4-8(13)11(9)12(18)14-6-10-15-7-16-17-10/h3-5,7H,2,6,13H2,1H3,(H,14,18)(H,15,16,17). The number of nitrogens with one attached hydrogen (secondary N) is 2. The molecule has 7 nitrogen and oxygen atoms in total. The summed E-state index contributed by atoms with van der Waals surface area (Å²) < 4.78 is 5.40. The Kier molecular flexibility index (Phi) is 3.97. The zero-order valence-electron chi connectivity index (χ0n) is 10.5. The van der Waals surface area contributed by atoms with Gasteiger partial charge in [0.15, 0.2) is 0 Å². The Balaban J connectivity index is 2.13. The van der Waals surface area contributed by atoms with E-state index < -0.39 is 0 Å². The average Bonchev–Trinajstić information content (AvgIpc) is 2.90. The Morgan fingerprint density at radius 1 is 1.53 bits per heavy atom. The van der Waals surface area contributed by atoms with Crippen LogP contribution in [0.4, 0.5) is 5.69 Å². The highest BCUT2D eigenvalue weighted by Crippen LogP contribution is 2.24. The summed E-state index contributed by atoms with van der Waals surface area (Å²) in [7, 11) is 0. The van der Waals surface area contributed by atoms with Crippen molar-refractivity contribution in [2.45, 2.75) is 13.5 Å². The number of ether oxygens (including phenoxy) is 1. The fourth-order valence-corrected chi connectivity index (χ4v) is 1.64. The lowest BCUT2D eigenvalue weighted by Gasteiger charge is -2.12. The van der Waals surface area contributed by atoms with Crippen molar-refractivity contribution in [1.82, 2.24) is 20.5 Å². The van der Waals surface area contributed by atoms with Gasteiger partial charge in [-0.25, -0.2) is 4.98 Å². The molecule has 7 heteroatoms. The molecule has 2 rings (SSSR count). The van der Waals surface area contributed by atoms with Gasteiger partial charge in [0, 0.05) is 5.69 Å². The highest BCUT2D eigenvalue weighted by atomic mass is 16.5. The van der Waals surface area contributed by atoms with E-state index in [0.717, 1.165) is 0 Å². The van der Waals surface area contributed by atoms with Crippen LogP contribution in [0.3, 0.4) is 0 Å². The SMILES string of the molecule is CCOc1cccc(N)c1C(=O)NCc1ncn[nH]1. The number of aromatic amines is 1. The quantitative estimate of drug-likeness (QED) is 0.687. The molecule has 0 radical (unpaired) electrons. The van der Waals surface area contributed by atoms with E-state index in [2.05, 4.69) is 20.5 Å². The Morgan fingerprint density at radius 3 is 3.05 bits per heavy atom. The Hall–Kier alpha value is -2.57. The molecule has 1 aromatic carbocycles. The van der Waals surface area contributed by atoms with Gasteiger partial charge in [0.2, 0.25) is 0 Å². The monoisotopic (exact) mass is 261 g/mol. The summed E-state index contributed by atoms with van der Waals surface area (Å²) >= 11 is 0. The maximum Gasteiger partial charge on any atom is 0.257 e. The van der Waals surface area contributed by atoms with Crippen molar-refractivity contribution in [3.63, 3.8) is 0 Å². The zero-order chi connectivity index (χ0) is 13.7. The summed E-state index contributed by atoms with van der Waals surface area (Å²) in [6.07, 6.45) is 1.38. The van der Waals surface area contributed by atoms with E-state index in [1.54, 1.807) is 18.2 Å². The second kappa shape index (κ2) is 5.85. The summed E-state index contributed by atoms with van der Waals surface area (Å²) in [5.41, 5.74) is 6.54. The minimum atomic E-state index is -0.307. The van der Waals surface area contributed by atoms with Gasteiger partial charge < -0.3 is 15.8 Å². The van der Waals surface area contributed by atoms with Crippen LogP contribution in [0.1, 0.15) is 23.1 Å². The van der Waals surface area contributed by atoms with Crippen LogP contribution in [0.15, 0.2) is 24.5 Å². The van der Waals surface area contributed by atoms with E-state index in [0.29, 0.717) is 29.4 Å². The Morgan fingerprint density at radius 2 is 2.37 bits per heavy atom. The molecule has 100 valence electrons. The lowest BCUT2D eigenvalue weighted by molar-refractivity contribution is 0.0947. The molecule has 0 atom stereocenters. The second-order valence-electron chi connectivity index (χ2n) is 3.77. The minimum Gasteiger partial charge on any atom is -0.493 e. The highest BCUT2D eigenvalue weighted by molar-refractivity contribution is 6.01. The van der Waals surface area contributed by atoms with Crippen molar-refractivity contribution in [2.75, 3.05) is 12.3 Å². The molecule has 0 aliphatic heterocycles. The van der Waals surface area contributed by atoms with Crippen molar-refractivity contribution in [3.05, 3.63) is 35.9 Å². The number of hydrogen-bond acceptors (Lipinski definition) is 5. The number of nitrogens with two attached hydrogens (primary N) is 1. The molecular weight excluding hydrogens is 246 g/mol. The van der Waals surface area contributed by atoms with E-state index >= 15 is 0 Å². The lowest BCUT2D eigenvalue weighted by Crippen LogP contribution is -2.25. The smallest absolute Gasteiger partial charge is 0.257 e. The minimum absolute atomic E-state index is 0.249. The predicted octanol–water partition coefficient (Wildman–Crippen LogP) is 0.716. The fourth-order valence-electron chi connectivity index (χ4n) is 1.64. The van der Waals surface area contributed by atoms with Gasteiger partial charge in [-0.3, -0.25) is 9.89 Å². The molecule has 4 N–H and O–H groups in total. The van der Waals surface area contributed by atoms with Gasteiger partial charge in [-0.1, -0.05) is 6.07 Å². The molecule has 0 saturated heterocycles. The Labute approximate surface area is 110 Å². The molecule has 1 heterocycles. The summed E-state index contributed by atoms with van der Waals surface area (Å²) in [6, 6.07) is 5.11. The first-order chi connectivity index (χ1) is 9.22. The number of nitrogen functional groups attached to an aromatic ring is 1. The summed E-state index contributed by atoms with van der Waals surface area (Å²) in [5.74, 6) is 0.733. The number of rotatable bonds is 5. The predicted molar refractivity (Wildman–Crippen MR) is 69.6 cm³/mol. The highest BCUT2D eigenvalue weighted by Gasteiger charge is 2.16. The van der Waals surface area contributed by atoms with Gasteiger partial charge in [-0.15, -0.1) is 0 Å². The molecule has 2 aromatic rings. The second-order valence-corrected chi connectivity index (χ2v) is 3.77. The summed E-state index contributed by atoms with van der Waals surface area (Å²) in [5, 5.41) is 9.07. The van der Waals surface area contributed by atoms with Crippen LogP contribution >= 0.6 is 0 Å². The van der Waals surface area contributed by atoms with Crippen molar-refractivity contribution >= 4 is 11.6 Å². The number of amides is 1. The number of hydrogen-bond donors (Lipinski definition) is 3. The van der Waals surface area contributed by atoms with Gasteiger partial charge >= 0.3 is 0 Å². The molecule has 0 aliphatic carbocycles. The molecule has 0 fully saturated rings. The normalized spacial score (nSPS) is 10.2. The number of H-pyrrole nitrogens is 1. The molecule has 0 spiro atoms. The lowest BCUT2D eigenvalue weighted by atomic mass is 10.1. The largest absolute Gasteiger partial charge is 0.493 e. The molecule has 0 aliphatic rings. The zero-order valence-corrected chi connectivity index (χ0v) is 10.5. The van der Waals surface area contributed by atoms with Gasteiger partial charge in [-0.2, -0.15) is 5.10 Å². The van der Waals surface area contributed by atoms with Crippen LogP contribution in [-0.4, -0.2) is 27.7 Å². The van der Waals surface area contributed by atoms with Crippen LogP contribution in [0.2, 0.25) is 0 Å². The van der Waals surface area contributed by atoms with Crippen molar-refractivity contribution < 1.29 is 9.53 Å². The van der Waals surface area contributed by atoms with E-state index in [9.17, 15) is 4.79 Å². The number of nitrogens with zero attached hydrogens (tertiary/aromatic N) is 2. The topological polar surface area (TPSA) is 106 Å². The molecule has 19 heavy (non-hydrogen) atoms. The summed E-state index contributed by atoms with van der Waals surface area (Å²) in [4.78, 5) is 16.0. The van der Waals surface area contributed by atoms with Crippen LogP contribution in [0.25, 0.3) is 0 Å². The molecule has 0 saturated carbocycles. The van der Waals surface area contributed by atoms with E-state index in [-0.39, 0.29) is 12.5 Å². The molecule has 0 unspecified atom stereocenters. The molecular formula is C12H15N5O2. The maximum atomic E-state index is 12.1. The van der Waals surface area contributed by atoms with Crippen molar-refractivity contribution in [1.29, 1.82) is 0 Å². The van der Waals surface area contributed by atoms with Crippen LogP contribution in [0.5, 0.6) is 5.75 Å². The van der Waals surface area contributed by atoms with Crippen LogP contribution in [-0.2, 0) is 6.54 Å². The number of benzene rings is 1. The van der Waals surface area contributed by atoms with Gasteiger partial charge in [0.1, 0.15) is 23.5 Å². The number of aromatic nitrogens is 3. The van der Waals surface area contributed by atoms with Crippen molar-refractivity contribution in [2.24, 2.45) is 0 Å². The maximum absolute atomic E-state index is 12.1. The first kappa shape index (κ1) is 12.9. The first-order valence-electron chi connectivity index (χ1n) is 5.86. The van der Waals surface area contributed by atoms with Crippen LogP contribution in [0, 0.1) is 0 Å². The molecule has 1 aromatic heterocycles. The van der Waals surface area contributed by atoms with E-state index in [4.69, 9.17) is 10.5 Å². The van der Waals surface area contributed by atoms with Crippen LogP contribution < -0.4 is 15.8 Å². The number of carbonyl (C=O) groups is 1. The summed E-state index contributed by atoms with van der Waals surface area (Å²) in [6.45, 7) is 2.56. The van der Waals surface area contributed by atoms with Gasteiger partial charge in [-0.05, 0) is 19.1 Å². The Bertz CT molecular complexity index is 553. The molecule has 0 bridgehead atoms. The fraction of sp³-hybridized carbons (Fsp3) is 0.250. The number of anilines is 1. The molecule has 1 amide bonds. The third kappa shape index (κ3) is 3.01. The van der Waals surface area contributed by atoms with E-state index in [1.165, 1.54) is 6.33 Å². The number of carbonyl (C=O) groups excluding carboxylic acids is 1. The van der Waals surface area contributed by atoms with Crippen molar-refractivity contribution in [3.8, 4) is 5.75 Å². The van der Waals surface area contributed by atoms with E-state index in [1.807, 2.05) is 6.92 Å². The average molecular weight is 261 g/mol. The van der Waals surface area contributed by atoms with Gasteiger partial charge in [0.25, 0.3) is 5.91 Å². The first-order valence-corrected chi connectivity index (χ1v) is 5.86. The third-order valence-corrected chi connectivity index (χ3v) is 2.47. The third-order valence-electron chi connectivity index (χ3n) is 2.47.